The zero-order chi connectivity index (χ0) is 9.26. The van der Waals surface area contributed by atoms with Crippen LogP contribution in [0.5, 0.6) is 0 Å². The lowest BCUT2D eigenvalue weighted by Crippen LogP contribution is -2.26. The maximum atomic E-state index is 11.0. The molecular formula is C9H9NOS2. The molecule has 68 valence electrons. The highest BCUT2D eigenvalue weighted by atomic mass is 32.2. The van der Waals surface area contributed by atoms with Crippen molar-refractivity contribution < 1.29 is 4.79 Å². The minimum Gasteiger partial charge on any atom is -0.366 e. The molecule has 1 unspecified atom stereocenters. The number of carbonyl (C=O) groups is 1. The Morgan fingerprint density at radius 1 is 1.62 bits per heavy atom. The van der Waals surface area contributed by atoms with E-state index in [0.29, 0.717) is 0 Å². The van der Waals surface area contributed by atoms with Gasteiger partial charge in [-0.25, -0.2) is 0 Å². The van der Waals surface area contributed by atoms with Gasteiger partial charge in [0.2, 0.25) is 0 Å². The van der Waals surface area contributed by atoms with Crippen LogP contribution in [0.15, 0.2) is 22.2 Å². The largest absolute Gasteiger partial charge is 0.366 e. The van der Waals surface area contributed by atoms with Crippen molar-refractivity contribution in [1.29, 1.82) is 0 Å². The standard InChI is InChI=1S/C9H9NOS2/c1-6(11)9-10-8(5-13-9)7-2-3-12-4-7/h2-5,9-10H,1H3. The van der Waals surface area contributed by atoms with Gasteiger partial charge in [-0.2, -0.15) is 11.3 Å². The summed E-state index contributed by atoms with van der Waals surface area (Å²) in [4.78, 5) is 11.0. The molecule has 0 amide bonds. The molecule has 0 aromatic carbocycles. The van der Waals surface area contributed by atoms with Crippen LogP contribution in [-0.2, 0) is 4.79 Å². The van der Waals surface area contributed by atoms with Crippen molar-refractivity contribution >= 4 is 34.6 Å². The van der Waals surface area contributed by atoms with E-state index < -0.39 is 0 Å². The second kappa shape index (κ2) is 3.55. The molecule has 2 heterocycles. The summed E-state index contributed by atoms with van der Waals surface area (Å²) in [5, 5.41) is 9.20. The van der Waals surface area contributed by atoms with Gasteiger partial charge in [0, 0.05) is 16.6 Å². The highest BCUT2D eigenvalue weighted by molar-refractivity contribution is 8.03. The van der Waals surface area contributed by atoms with E-state index in [1.54, 1.807) is 18.3 Å². The third-order valence-corrected chi connectivity index (χ3v) is 3.59. The van der Waals surface area contributed by atoms with E-state index in [0.717, 1.165) is 5.70 Å². The molecule has 4 heteroatoms. The van der Waals surface area contributed by atoms with E-state index in [2.05, 4.69) is 10.7 Å². The van der Waals surface area contributed by atoms with Gasteiger partial charge in [-0.3, -0.25) is 4.79 Å². The zero-order valence-electron chi connectivity index (χ0n) is 7.11. The molecule has 1 aliphatic heterocycles. The van der Waals surface area contributed by atoms with Crippen molar-refractivity contribution in [3.63, 3.8) is 0 Å². The molecular weight excluding hydrogens is 202 g/mol. The highest BCUT2D eigenvalue weighted by Gasteiger charge is 2.21. The van der Waals surface area contributed by atoms with Crippen molar-refractivity contribution in [2.45, 2.75) is 12.3 Å². The third-order valence-electron chi connectivity index (χ3n) is 1.81. The fraction of sp³-hybridized carbons (Fsp3) is 0.222. The van der Waals surface area contributed by atoms with Gasteiger partial charge in [-0.05, 0) is 23.8 Å². The van der Waals surface area contributed by atoms with E-state index in [-0.39, 0.29) is 11.2 Å². The van der Waals surface area contributed by atoms with Crippen LogP contribution in [0, 0.1) is 0 Å². The van der Waals surface area contributed by atoms with Crippen LogP contribution in [0.4, 0.5) is 0 Å². The highest BCUT2D eigenvalue weighted by Crippen LogP contribution is 2.28. The fourth-order valence-electron chi connectivity index (χ4n) is 1.11. The summed E-state index contributed by atoms with van der Waals surface area (Å²) < 4.78 is 0. The van der Waals surface area contributed by atoms with Crippen LogP contribution in [0.2, 0.25) is 0 Å². The summed E-state index contributed by atoms with van der Waals surface area (Å²) in [6.45, 7) is 1.61. The van der Waals surface area contributed by atoms with Crippen molar-refractivity contribution in [3.8, 4) is 0 Å². The number of carbonyl (C=O) groups excluding carboxylic acids is 1. The molecule has 0 bridgehead atoms. The molecule has 0 aliphatic carbocycles. The van der Waals surface area contributed by atoms with Crippen LogP contribution < -0.4 is 5.32 Å². The van der Waals surface area contributed by atoms with Crippen LogP contribution in [0.25, 0.3) is 5.70 Å². The minimum atomic E-state index is -0.0881. The van der Waals surface area contributed by atoms with Gasteiger partial charge in [0.05, 0.1) is 0 Å². The Bertz CT molecular complexity index is 343. The Kier molecular flexibility index (Phi) is 2.42. The molecule has 1 N–H and O–H groups in total. The first kappa shape index (κ1) is 8.84. The summed E-state index contributed by atoms with van der Waals surface area (Å²) in [6, 6.07) is 2.05. The lowest BCUT2D eigenvalue weighted by Gasteiger charge is -2.07. The van der Waals surface area contributed by atoms with Crippen molar-refractivity contribution in [1.82, 2.24) is 5.32 Å². The van der Waals surface area contributed by atoms with Gasteiger partial charge >= 0.3 is 0 Å². The average Bonchev–Trinajstić information content (AvgIpc) is 2.75. The zero-order valence-corrected chi connectivity index (χ0v) is 8.74. The minimum absolute atomic E-state index is 0.0881. The van der Waals surface area contributed by atoms with Crippen LogP contribution in [0.3, 0.4) is 0 Å². The molecule has 0 radical (unpaired) electrons. The quantitative estimate of drug-likeness (QED) is 0.814. The maximum absolute atomic E-state index is 11.0. The summed E-state index contributed by atoms with van der Waals surface area (Å²) >= 11 is 3.20. The van der Waals surface area contributed by atoms with Crippen LogP contribution in [0.1, 0.15) is 12.5 Å². The van der Waals surface area contributed by atoms with E-state index in [1.165, 1.54) is 17.3 Å². The van der Waals surface area contributed by atoms with E-state index in [4.69, 9.17) is 0 Å². The first-order valence-corrected chi connectivity index (χ1v) is 5.81. The number of hydrogen-bond donors (Lipinski definition) is 1. The van der Waals surface area contributed by atoms with Crippen molar-refractivity contribution in [2.75, 3.05) is 0 Å². The Hall–Kier alpha value is -0.740. The van der Waals surface area contributed by atoms with Gasteiger partial charge in [0.1, 0.15) is 5.37 Å². The smallest absolute Gasteiger partial charge is 0.162 e. The molecule has 13 heavy (non-hydrogen) atoms. The number of thioether (sulfide) groups is 1. The Morgan fingerprint density at radius 3 is 3.00 bits per heavy atom. The van der Waals surface area contributed by atoms with Gasteiger partial charge in [0.15, 0.2) is 5.78 Å². The van der Waals surface area contributed by atoms with Crippen LogP contribution in [-0.4, -0.2) is 11.2 Å². The molecule has 0 spiro atoms. The lowest BCUT2D eigenvalue weighted by atomic mass is 10.2. The molecule has 2 rings (SSSR count). The topological polar surface area (TPSA) is 29.1 Å². The Balaban J connectivity index is 2.10. The maximum Gasteiger partial charge on any atom is 0.162 e. The number of hydrogen-bond acceptors (Lipinski definition) is 4. The number of rotatable bonds is 2. The number of nitrogens with one attached hydrogen (secondary N) is 1. The summed E-state index contributed by atoms with van der Waals surface area (Å²) in [6.07, 6.45) is 0. The Labute approximate surface area is 85.0 Å². The predicted molar refractivity (Wildman–Crippen MR) is 57.5 cm³/mol. The van der Waals surface area contributed by atoms with Gasteiger partial charge in [-0.15, -0.1) is 0 Å². The first-order chi connectivity index (χ1) is 6.27. The predicted octanol–water partition coefficient (Wildman–Crippen LogP) is 2.30. The molecule has 0 saturated carbocycles. The second-order valence-electron chi connectivity index (χ2n) is 2.81. The number of ketones is 1. The van der Waals surface area contributed by atoms with Gasteiger partial charge < -0.3 is 5.32 Å². The monoisotopic (exact) mass is 211 g/mol. The van der Waals surface area contributed by atoms with E-state index in [1.807, 2.05) is 16.9 Å². The van der Waals surface area contributed by atoms with Crippen molar-refractivity contribution in [3.05, 3.63) is 27.8 Å². The van der Waals surface area contributed by atoms with Crippen molar-refractivity contribution in [2.24, 2.45) is 0 Å². The van der Waals surface area contributed by atoms with E-state index in [9.17, 15) is 4.79 Å². The summed E-state index contributed by atoms with van der Waals surface area (Å²) in [7, 11) is 0. The average molecular weight is 211 g/mol. The molecule has 0 fully saturated rings. The molecule has 0 saturated heterocycles. The molecule has 1 aromatic rings. The lowest BCUT2D eigenvalue weighted by molar-refractivity contribution is -0.116. The molecule has 1 aromatic heterocycles. The normalized spacial score (nSPS) is 21.0. The second-order valence-corrected chi connectivity index (χ2v) is 4.57. The fourth-order valence-corrected chi connectivity index (χ4v) is 2.63. The van der Waals surface area contributed by atoms with Gasteiger partial charge in [-0.1, -0.05) is 11.8 Å². The van der Waals surface area contributed by atoms with Gasteiger partial charge in [0.25, 0.3) is 0 Å². The van der Waals surface area contributed by atoms with Crippen LogP contribution >= 0.6 is 23.1 Å². The first-order valence-electron chi connectivity index (χ1n) is 3.92. The molecule has 2 nitrogen and oxygen atoms in total. The number of Topliss-reactive ketones (excluding diaryl/α,β-unsaturated/α-hetero) is 1. The Morgan fingerprint density at radius 2 is 2.46 bits per heavy atom. The third kappa shape index (κ3) is 1.78. The summed E-state index contributed by atoms with van der Waals surface area (Å²) in [5.41, 5.74) is 2.23. The molecule has 1 aliphatic rings. The van der Waals surface area contributed by atoms with E-state index >= 15 is 0 Å². The summed E-state index contributed by atoms with van der Waals surface area (Å²) in [5.74, 6) is 0.173. The number of thiophene rings is 1. The molecule has 1 atom stereocenters. The SMILES string of the molecule is CC(=O)C1NC(c2ccsc2)=CS1.